The van der Waals surface area contributed by atoms with Gasteiger partial charge in [0.25, 0.3) is 5.91 Å². The number of para-hydroxylation sites is 1. The van der Waals surface area contributed by atoms with Crippen LogP contribution in [0.1, 0.15) is 21.5 Å². The van der Waals surface area contributed by atoms with Gasteiger partial charge < -0.3 is 19.5 Å². The first-order valence-electron chi connectivity index (χ1n) is 8.77. The molecule has 3 aromatic rings. The predicted molar refractivity (Wildman–Crippen MR) is 106 cm³/mol. The van der Waals surface area contributed by atoms with Gasteiger partial charge in [0.2, 0.25) is 0 Å². The Labute approximate surface area is 163 Å². The minimum absolute atomic E-state index is 0.211. The van der Waals surface area contributed by atoms with Crippen molar-refractivity contribution in [2.45, 2.75) is 13.2 Å². The van der Waals surface area contributed by atoms with Crippen molar-refractivity contribution in [3.05, 3.63) is 71.4 Å². The zero-order valence-electron chi connectivity index (χ0n) is 16.1. The van der Waals surface area contributed by atoms with E-state index >= 15 is 0 Å². The predicted octanol–water partition coefficient (Wildman–Crippen LogP) is 3.35. The number of anilines is 1. The van der Waals surface area contributed by atoms with Crippen molar-refractivity contribution < 1.29 is 19.0 Å². The molecule has 0 bridgehead atoms. The first kappa shape index (κ1) is 19.4. The average molecular weight is 381 g/mol. The van der Waals surface area contributed by atoms with Gasteiger partial charge in [0.05, 0.1) is 33.6 Å². The first-order chi connectivity index (χ1) is 13.7. The van der Waals surface area contributed by atoms with Gasteiger partial charge in [-0.3, -0.25) is 4.79 Å². The number of methoxy groups -OCH3 is 3. The van der Waals surface area contributed by atoms with Gasteiger partial charge in [-0.15, -0.1) is 0 Å². The number of ether oxygens (including phenoxy) is 3. The van der Waals surface area contributed by atoms with E-state index in [1.165, 1.54) is 0 Å². The number of hydrogen-bond donors (Lipinski definition) is 1. The van der Waals surface area contributed by atoms with Gasteiger partial charge in [0.1, 0.15) is 5.82 Å². The maximum atomic E-state index is 12.7. The second-order valence-electron chi connectivity index (χ2n) is 6.11. The van der Waals surface area contributed by atoms with Crippen LogP contribution in [0.5, 0.6) is 11.5 Å². The number of amides is 1. The highest BCUT2D eigenvalue weighted by Gasteiger charge is 2.14. The molecular formula is C21H23N3O4. The molecular weight excluding hydrogens is 358 g/mol. The van der Waals surface area contributed by atoms with E-state index in [1.807, 2.05) is 36.4 Å². The molecule has 1 amide bonds. The van der Waals surface area contributed by atoms with E-state index in [0.29, 0.717) is 36.0 Å². The Morgan fingerprint density at radius 3 is 2.64 bits per heavy atom. The van der Waals surface area contributed by atoms with Crippen LogP contribution in [0.2, 0.25) is 0 Å². The van der Waals surface area contributed by atoms with Crippen LogP contribution in [0.15, 0.2) is 54.7 Å². The summed E-state index contributed by atoms with van der Waals surface area (Å²) >= 11 is 0. The molecule has 7 nitrogen and oxygen atoms in total. The molecule has 7 heteroatoms. The Hall–Kier alpha value is -3.32. The van der Waals surface area contributed by atoms with Gasteiger partial charge in [0.15, 0.2) is 11.5 Å². The molecule has 0 atom stereocenters. The van der Waals surface area contributed by atoms with Crippen molar-refractivity contribution in [1.29, 1.82) is 0 Å². The topological polar surface area (TPSA) is 74.6 Å². The highest BCUT2D eigenvalue weighted by Crippen LogP contribution is 2.31. The van der Waals surface area contributed by atoms with Gasteiger partial charge in [0, 0.05) is 24.3 Å². The van der Waals surface area contributed by atoms with Crippen LogP contribution in [0.3, 0.4) is 0 Å². The molecule has 2 aromatic carbocycles. The number of aromatic nitrogens is 2. The Morgan fingerprint density at radius 1 is 1.07 bits per heavy atom. The molecule has 1 aromatic heterocycles. The lowest BCUT2D eigenvalue weighted by atomic mass is 10.1. The second kappa shape index (κ2) is 9.05. The van der Waals surface area contributed by atoms with Gasteiger partial charge in [-0.25, -0.2) is 4.68 Å². The quantitative estimate of drug-likeness (QED) is 0.648. The normalized spacial score (nSPS) is 10.5. The summed E-state index contributed by atoms with van der Waals surface area (Å²) in [6, 6.07) is 14.7. The van der Waals surface area contributed by atoms with Crippen molar-refractivity contribution in [3.8, 4) is 11.5 Å². The number of carbonyl (C=O) groups excluding carboxylic acids is 1. The molecule has 0 spiro atoms. The molecule has 0 aliphatic rings. The lowest BCUT2D eigenvalue weighted by Gasteiger charge is -2.14. The maximum Gasteiger partial charge on any atom is 0.256 e. The number of benzene rings is 2. The average Bonchev–Trinajstić information content (AvgIpc) is 3.14. The van der Waals surface area contributed by atoms with Crippen molar-refractivity contribution >= 4 is 11.7 Å². The molecule has 1 N–H and O–H groups in total. The molecule has 0 unspecified atom stereocenters. The first-order valence-corrected chi connectivity index (χ1v) is 8.77. The van der Waals surface area contributed by atoms with Crippen molar-refractivity contribution in [3.63, 3.8) is 0 Å². The number of carbonyl (C=O) groups is 1. The zero-order valence-corrected chi connectivity index (χ0v) is 16.1. The molecule has 0 fully saturated rings. The molecule has 0 radical (unpaired) electrons. The largest absolute Gasteiger partial charge is 0.493 e. The highest BCUT2D eigenvalue weighted by atomic mass is 16.5. The molecule has 0 aliphatic carbocycles. The van der Waals surface area contributed by atoms with Gasteiger partial charge in [-0.05, 0) is 23.8 Å². The Morgan fingerprint density at radius 2 is 1.89 bits per heavy atom. The van der Waals surface area contributed by atoms with Crippen molar-refractivity contribution in [2.24, 2.45) is 0 Å². The lowest BCUT2D eigenvalue weighted by Crippen LogP contribution is -2.16. The summed E-state index contributed by atoms with van der Waals surface area (Å²) < 4.78 is 17.7. The van der Waals surface area contributed by atoms with Crippen LogP contribution >= 0.6 is 0 Å². The summed E-state index contributed by atoms with van der Waals surface area (Å²) in [5.41, 5.74) is 2.38. The molecule has 0 aliphatic heterocycles. The zero-order chi connectivity index (χ0) is 19.9. The summed E-state index contributed by atoms with van der Waals surface area (Å²) in [6.45, 7) is 0.876. The summed E-state index contributed by atoms with van der Waals surface area (Å²) in [5, 5.41) is 7.23. The fourth-order valence-electron chi connectivity index (χ4n) is 2.96. The standard InChI is InChI=1S/C21H23N3O4/c1-26-14-15-6-4-7-16(12-15)21(25)23-19-10-11-22-24(19)13-17-8-5-9-18(27-2)20(17)28-3/h4-12H,13-14H2,1-3H3,(H,23,25). The van der Waals surface area contributed by atoms with Crippen LogP contribution in [-0.2, 0) is 17.9 Å². The van der Waals surface area contributed by atoms with Crippen LogP contribution < -0.4 is 14.8 Å². The molecule has 0 saturated heterocycles. The van der Waals surface area contributed by atoms with E-state index in [4.69, 9.17) is 14.2 Å². The molecule has 0 saturated carbocycles. The van der Waals surface area contributed by atoms with Crippen LogP contribution in [0, 0.1) is 0 Å². The summed E-state index contributed by atoms with van der Waals surface area (Å²) in [5.74, 6) is 1.67. The summed E-state index contributed by atoms with van der Waals surface area (Å²) in [7, 11) is 4.82. The summed E-state index contributed by atoms with van der Waals surface area (Å²) in [4.78, 5) is 12.7. The monoisotopic (exact) mass is 381 g/mol. The Balaban J connectivity index is 1.79. The Bertz CT molecular complexity index is 952. The fraction of sp³-hybridized carbons (Fsp3) is 0.238. The van der Waals surface area contributed by atoms with Crippen molar-refractivity contribution in [2.75, 3.05) is 26.6 Å². The van der Waals surface area contributed by atoms with E-state index in [-0.39, 0.29) is 5.91 Å². The maximum absolute atomic E-state index is 12.7. The van der Waals surface area contributed by atoms with Gasteiger partial charge in [-0.1, -0.05) is 24.3 Å². The van der Waals surface area contributed by atoms with E-state index in [0.717, 1.165) is 11.1 Å². The number of nitrogens with one attached hydrogen (secondary N) is 1. The fourth-order valence-corrected chi connectivity index (χ4v) is 2.96. The smallest absolute Gasteiger partial charge is 0.256 e. The molecule has 1 heterocycles. The third kappa shape index (κ3) is 4.32. The van der Waals surface area contributed by atoms with E-state index in [1.54, 1.807) is 44.3 Å². The minimum atomic E-state index is -0.211. The SMILES string of the molecule is COCc1cccc(C(=O)Nc2ccnn2Cc2cccc(OC)c2OC)c1. The highest BCUT2D eigenvalue weighted by molar-refractivity contribution is 6.03. The third-order valence-corrected chi connectivity index (χ3v) is 4.26. The molecule has 28 heavy (non-hydrogen) atoms. The number of hydrogen-bond acceptors (Lipinski definition) is 5. The van der Waals surface area contributed by atoms with E-state index < -0.39 is 0 Å². The van der Waals surface area contributed by atoms with Crippen LogP contribution in [0.25, 0.3) is 0 Å². The molecule has 146 valence electrons. The van der Waals surface area contributed by atoms with Gasteiger partial charge in [-0.2, -0.15) is 5.10 Å². The lowest BCUT2D eigenvalue weighted by molar-refractivity contribution is 0.102. The van der Waals surface area contributed by atoms with Gasteiger partial charge >= 0.3 is 0 Å². The Kier molecular flexibility index (Phi) is 6.29. The van der Waals surface area contributed by atoms with E-state index in [9.17, 15) is 4.79 Å². The number of nitrogens with zero attached hydrogens (tertiary/aromatic N) is 2. The van der Waals surface area contributed by atoms with Crippen LogP contribution in [0.4, 0.5) is 5.82 Å². The number of rotatable bonds is 8. The third-order valence-electron chi connectivity index (χ3n) is 4.26. The van der Waals surface area contributed by atoms with Crippen molar-refractivity contribution in [1.82, 2.24) is 9.78 Å². The van der Waals surface area contributed by atoms with Crippen LogP contribution in [-0.4, -0.2) is 37.0 Å². The molecule has 3 rings (SSSR count). The van der Waals surface area contributed by atoms with E-state index in [2.05, 4.69) is 10.4 Å². The summed E-state index contributed by atoms with van der Waals surface area (Å²) in [6.07, 6.45) is 1.64. The minimum Gasteiger partial charge on any atom is -0.493 e. The second-order valence-corrected chi connectivity index (χ2v) is 6.11.